The van der Waals surface area contributed by atoms with Crippen LogP contribution >= 0.6 is 0 Å². The molecule has 0 aromatic rings. The average Bonchev–Trinajstić information content (AvgIpc) is 2.21. The Morgan fingerprint density at radius 3 is 3.07 bits per heavy atom. The monoisotopic (exact) mass is 201 g/mol. The van der Waals surface area contributed by atoms with Crippen LogP contribution in [0.4, 0.5) is 0 Å². The molecule has 1 rings (SSSR count). The van der Waals surface area contributed by atoms with Crippen LogP contribution in [0.3, 0.4) is 0 Å². The molecule has 5 heteroatoms. The Kier molecular flexibility index (Phi) is 4.69. The van der Waals surface area contributed by atoms with Gasteiger partial charge in [-0.05, 0) is 19.4 Å². The molecule has 5 nitrogen and oxygen atoms in total. The van der Waals surface area contributed by atoms with Crippen molar-refractivity contribution in [3.8, 4) is 0 Å². The number of oxime groups is 1. The van der Waals surface area contributed by atoms with Crippen LogP contribution in [-0.2, 0) is 4.74 Å². The maximum absolute atomic E-state index is 8.49. The molecule has 0 bridgehead atoms. The summed E-state index contributed by atoms with van der Waals surface area (Å²) in [5, 5.41) is 11.5. The second kappa shape index (κ2) is 5.82. The molecule has 14 heavy (non-hydrogen) atoms. The molecule has 0 aromatic heterocycles. The first-order valence-corrected chi connectivity index (χ1v) is 4.97. The summed E-state index contributed by atoms with van der Waals surface area (Å²) in [4.78, 5) is 2.21. The van der Waals surface area contributed by atoms with E-state index in [0.29, 0.717) is 12.6 Å². The van der Waals surface area contributed by atoms with E-state index in [0.717, 1.165) is 19.6 Å². The SMILES string of the molecule is COC[C@H]1CCCCN1CC(N)=NO. The highest BCUT2D eigenvalue weighted by atomic mass is 16.5. The molecule has 3 N–H and O–H groups in total. The van der Waals surface area contributed by atoms with Crippen LogP contribution in [-0.4, -0.2) is 48.8 Å². The summed E-state index contributed by atoms with van der Waals surface area (Å²) in [6.07, 6.45) is 3.55. The number of hydrogen-bond donors (Lipinski definition) is 2. The number of amidine groups is 1. The number of methoxy groups -OCH3 is 1. The van der Waals surface area contributed by atoms with Crippen LogP contribution in [0.2, 0.25) is 0 Å². The van der Waals surface area contributed by atoms with Crippen LogP contribution in [0.25, 0.3) is 0 Å². The Morgan fingerprint density at radius 1 is 1.64 bits per heavy atom. The molecule has 1 heterocycles. The minimum atomic E-state index is 0.271. The van der Waals surface area contributed by atoms with E-state index in [-0.39, 0.29) is 5.84 Å². The summed E-state index contributed by atoms with van der Waals surface area (Å²) < 4.78 is 5.14. The average molecular weight is 201 g/mol. The van der Waals surface area contributed by atoms with E-state index in [9.17, 15) is 0 Å². The van der Waals surface area contributed by atoms with E-state index < -0.39 is 0 Å². The fourth-order valence-electron chi connectivity index (χ4n) is 1.89. The van der Waals surface area contributed by atoms with E-state index in [4.69, 9.17) is 15.7 Å². The van der Waals surface area contributed by atoms with E-state index in [1.54, 1.807) is 7.11 Å². The van der Waals surface area contributed by atoms with Crippen molar-refractivity contribution in [1.29, 1.82) is 0 Å². The van der Waals surface area contributed by atoms with Gasteiger partial charge in [0.1, 0.15) is 0 Å². The third-order valence-corrected chi connectivity index (χ3v) is 2.60. The van der Waals surface area contributed by atoms with E-state index in [1.807, 2.05) is 0 Å². The van der Waals surface area contributed by atoms with Gasteiger partial charge in [-0.2, -0.15) is 0 Å². The standard InChI is InChI=1S/C9H19N3O2/c1-14-7-8-4-2-3-5-12(8)6-9(10)11-13/h8,13H,2-7H2,1H3,(H2,10,11)/t8-/m1/s1. The molecule has 82 valence electrons. The second-order valence-corrected chi connectivity index (χ2v) is 3.67. The molecule has 0 saturated carbocycles. The van der Waals surface area contributed by atoms with E-state index in [1.165, 1.54) is 12.8 Å². The quantitative estimate of drug-likeness (QED) is 0.296. The van der Waals surface area contributed by atoms with Crippen LogP contribution < -0.4 is 5.73 Å². The maximum Gasteiger partial charge on any atom is 0.153 e. The van der Waals surface area contributed by atoms with Gasteiger partial charge in [0.05, 0.1) is 13.2 Å². The van der Waals surface area contributed by atoms with Gasteiger partial charge in [0.25, 0.3) is 0 Å². The van der Waals surface area contributed by atoms with Gasteiger partial charge in [-0.15, -0.1) is 0 Å². The van der Waals surface area contributed by atoms with Crippen molar-refractivity contribution >= 4 is 5.84 Å². The second-order valence-electron chi connectivity index (χ2n) is 3.67. The van der Waals surface area contributed by atoms with Crippen molar-refractivity contribution in [1.82, 2.24) is 4.90 Å². The summed E-state index contributed by atoms with van der Waals surface area (Å²) in [6.45, 7) is 2.26. The van der Waals surface area contributed by atoms with Gasteiger partial charge in [0.2, 0.25) is 0 Å². The minimum absolute atomic E-state index is 0.271. The molecule has 1 atom stereocenters. The topological polar surface area (TPSA) is 71.1 Å². The number of hydrogen-bond acceptors (Lipinski definition) is 4. The lowest BCUT2D eigenvalue weighted by atomic mass is 10.0. The van der Waals surface area contributed by atoms with Crippen LogP contribution in [0.1, 0.15) is 19.3 Å². The smallest absolute Gasteiger partial charge is 0.153 e. The molecule has 1 fully saturated rings. The van der Waals surface area contributed by atoms with Gasteiger partial charge in [-0.25, -0.2) is 0 Å². The Hall–Kier alpha value is -0.810. The molecule has 0 unspecified atom stereocenters. The molecule has 0 amide bonds. The molecule has 1 aliphatic heterocycles. The number of nitrogens with two attached hydrogens (primary N) is 1. The van der Waals surface area contributed by atoms with E-state index in [2.05, 4.69) is 10.1 Å². The molecular weight excluding hydrogens is 182 g/mol. The van der Waals surface area contributed by atoms with Crippen LogP contribution in [0.15, 0.2) is 5.16 Å². The molecule has 0 spiro atoms. The predicted octanol–water partition coefficient (Wildman–Crippen LogP) is 0.234. The maximum atomic E-state index is 8.49. The van der Waals surface area contributed by atoms with Crippen molar-refractivity contribution in [3.63, 3.8) is 0 Å². The zero-order valence-corrected chi connectivity index (χ0v) is 8.65. The zero-order chi connectivity index (χ0) is 10.4. The number of nitrogens with zero attached hydrogens (tertiary/aromatic N) is 2. The first-order chi connectivity index (χ1) is 6.77. The summed E-state index contributed by atoms with van der Waals surface area (Å²) in [7, 11) is 1.70. The highest BCUT2D eigenvalue weighted by Gasteiger charge is 2.22. The predicted molar refractivity (Wildman–Crippen MR) is 54.5 cm³/mol. The van der Waals surface area contributed by atoms with Crippen LogP contribution in [0.5, 0.6) is 0 Å². The Labute approximate surface area is 84.5 Å². The highest BCUT2D eigenvalue weighted by molar-refractivity contribution is 5.81. The summed E-state index contributed by atoms with van der Waals surface area (Å²) in [5.74, 6) is 0.271. The summed E-state index contributed by atoms with van der Waals surface area (Å²) in [6, 6.07) is 0.411. The lowest BCUT2D eigenvalue weighted by Crippen LogP contribution is -2.46. The largest absolute Gasteiger partial charge is 0.409 e. The fourth-order valence-corrected chi connectivity index (χ4v) is 1.89. The number of piperidine rings is 1. The third-order valence-electron chi connectivity index (χ3n) is 2.60. The first kappa shape index (κ1) is 11.3. The van der Waals surface area contributed by atoms with Crippen molar-refractivity contribution in [2.24, 2.45) is 10.9 Å². The normalized spacial score (nSPS) is 25.2. The molecule has 0 aromatic carbocycles. The number of rotatable bonds is 4. The molecule has 1 aliphatic rings. The van der Waals surface area contributed by atoms with Gasteiger partial charge in [-0.3, -0.25) is 4.90 Å². The van der Waals surface area contributed by atoms with Gasteiger partial charge < -0.3 is 15.7 Å². The summed E-state index contributed by atoms with van der Waals surface area (Å²) in [5.41, 5.74) is 5.48. The van der Waals surface area contributed by atoms with Crippen molar-refractivity contribution in [2.45, 2.75) is 25.3 Å². The van der Waals surface area contributed by atoms with Gasteiger partial charge in [0.15, 0.2) is 5.84 Å². The first-order valence-electron chi connectivity index (χ1n) is 4.97. The number of ether oxygens (including phenoxy) is 1. The molecule has 0 radical (unpaired) electrons. The van der Waals surface area contributed by atoms with Gasteiger partial charge in [0, 0.05) is 13.2 Å². The molecule has 1 saturated heterocycles. The lowest BCUT2D eigenvalue weighted by Gasteiger charge is -2.34. The van der Waals surface area contributed by atoms with Crippen molar-refractivity contribution in [3.05, 3.63) is 0 Å². The Balaban J connectivity index is 2.45. The minimum Gasteiger partial charge on any atom is -0.409 e. The number of likely N-dealkylation sites (tertiary alicyclic amines) is 1. The molecular formula is C9H19N3O2. The third kappa shape index (κ3) is 3.16. The van der Waals surface area contributed by atoms with E-state index >= 15 is 0 Å². The zero-order valence-electron chi connectivity index (χ0n) is 8.65. The Bertz CT molecular complexity index is 194. The van der Waals surface area contributed by atoms with Crippen molar-refractivity contribution in [2.75, 3.05) is 26.8 Å². The lowest BCUT2D eigenvalue weighted by molar-refractivity contribution is 0.0749. The van der Waals surface area contributed by atoms with Gasteiger partial charge in [-0.1, -0.05) is 11.6 Å². The fraction of sp³-hybridized carbons (Fsp3) is 0.889. The van der Waals surface area contributed by atoms with Crippen molar-refractivity contribution < 1.29 is 9.94 Å². The Morgan fingerprint density at radius 2 is 2.43 bits per heavy atom. The van der Waals surface area contributed by atoms with Crippen LogP contribution in [0, 0.1) is 0 Å². The highest BCUT2D eigenvalue weighted by Crippen LogP contribution is 2.16. The van der Waals surface area contributed by atoms with Gasteiger partial charge >= 0.3 is 0 Å². The summed E-state index contributed by atoms with van der Waals surface area (Å²) >= 11 is 0. The molecule has 0 aliphatic carbocycles.